The molecule has 0 spiro atoms. The van der Waals surface area contributed by atoms with Crippen molar-refractivity contribution < 1.29 is 19.0 Å². The van der Waals surface area contributed by atoms with Crippen molar-refractivity contribution in [3.05, 3.63) is 87.9 Å². The summed E-state index contributed by atoms with van der Waals surface area (Å²) in [4.78, 5) is 22.2. The van der Waals surface area contributed by atoms with Crippen LogP contribution in [0.25, 0.3) is 22.4 Å². The molecule has 1 amide bonds. The average Bonchev–Trinajstić information content (AvgIpc) is 3.06. The Morgan fingerprint density at radius 3 is 2.51 bits per heavy atom. The molecule has 3 heterocycles. The molecule has 1 fully saturated rings. The Bertz CT molecular complexity index is 1720. The SMILES string of the molecule is COc1cc(-c2nccc(-c3cccc(Nc4nccc(CNC5CCN(C(C)=O)CC5)c4F)c3Cl)c2Cl)ccc1CNC[C@H](C)O. The average molecular weight is 682 g/mol. The van der Waals surface area contributed by atoms with Crippen LogP contribution in [0.1, 0.15) is 37.8 Å². The lowest BCUT2D eigenvalue weighted by Gasteiger charge is -2.31. The summed E-state index contributed by atoms with van der Waals surface area (Å²) in [6.07, 6.45) is 4.41. The molecule has 248 valence electrons. The number of rotatable bonds is 12. The smallest absolute Gasteiger partial charge is 0.219 e. The number of methoxy groups -OCH3 is 1. The second kappa shape index (κ2) is 15.9. The van der Waals surface area contributed by atoms with E-state index in [-0.39, 0.29) is 17.8 Å². The molecule has 1 aliphatic rings. The van der Waals surface area contributed by atoms with Gasteiger partial charge in [0.25, 0.3) is 0 Å². The van der Waals surface area contributed by atoms with Crippen LogP contribution in [0.15, 0.2) is 60.9 Å². The van der Waals surface area contributed by atoms with E-state index in [0.29, 0.717) is 76.6 Å². The van der Waals surface area contributed by atoms with Crippen molar-refractivity contribution in [3.63, 3.8) is 0 Å². The molecule has 0 saturated carbocycles. The fourth-order valence-electron chi connectivity index (χ4n) is 5.63. The Morgan fingerprint density at radius 2 is 1.79 bits per heavy atom. The fraction of sp³-hybridized carbons (Fsp3) is 0.343. The third-order valence-electron chi connectivity index (χ3n) is 8.24. The predicted molar refractivity (Wildman–Crippen MR) is 185 cm³/mol. The van der Waals surface area contributed by atoms with Gasteiger partial charge in [0.2, 0.25) is 5.91 Å². The molecule has 9 nitrogen and oxygen atoms in total. The van der Waals surface area contributed by atoms with E-state index < -0.39 is 11.9 Å². The van der Waals surface area contributed by atoms with Gasteiger partial charge in [0, 0.05) is 85.9 Å². The number of hydrogen-bond donors (Lipinski definition) is 4. The number of carbonyl (C=O) groups is 1. The molecular weight excluding hydrogens is 642 g/mol. The fourth-order valence-corrected chi connectivity index (χ4v) is 6.23. The molecule has 2 aromatic heterocycles. The van der Waals surface area contributed by atoms with Crippen molar-refractivity contribution in [2.24, 2.45) is 0 Å². The molecule has 1 aliphatic heterocycles. The van der Waals surface area contributed by atoms with Crippen LogP contribution >= 0.6 is 23.2 Å². The minimum atomic E-state index is -0.467. The Kier molecular flexibility index (Phi) is 11.7. The number of nitrogens with zero attached hydrogens (tertiary/aromatic N) is 3. The summed E-state index contributed by atoms with van der Waals surface area (Å²) < 4.78 is 21.2. The number of likely N-dealkylation sites (tertiary alicyclic amines) is 1. The highest BCUT2D eigenvalue weighted by Crippen LogP contribution is 2.41. The number of nitrogens with one attached hydrogen (secondary N) is 3. The molecule has 5 rings (SSSR count). The van der Waals surface area contributed by atoms with E-state index >= 15 is 4.39 Å². The number of aliphatic hydroxyl groups is 1. The van der Waals surface area contributed by atoms with Gasteiger partial charge in [0.1, 0.15) is 5.75 Å². The van der Waals surface area contributed by atoms with E-state index in [0.717, 1.165) is 24.0 Å². The molecule has 2 aromatic carbocycles. The number of carbonyl (C=O) groups excluding carboxylic acids is 1. The van der Waals surface area contributed by atoms with Crippen LogP contribution < -0.4 is 20.7 Å². The number of anilines is 2. The third-order valence-corrected chi connectivity index (χ3v) is 9.03. The maximum atomic E-state index is 15.6. The van der Waals surface area contributed by atoms with Crippen molar-refractivity contribution in [1.82, 2.24) is 25.5 Å². The quantitative estimate of drug-likeness (QED) is 0.133. The van der Waals surface area contributed by atoms with Crippen LogP contribution in [-0.2, 0) is 17.9 Å². The third kappa shape index (κ3) is 8.38. The van der Waals surface area contributed by atoms with Gasteiger partial charge in [-0.25, -0.2) is 9.37 Å². The number of benzene rings is 2. The van der Waals surface area contributed by atoms with Gasteiger partial charge in [0.05, 0.1) is 34.6 Å². The van der Waals surface area contributed by atoms with Crippen molar-refractivity contribution in [2.45, 2.75) is 51.9 Å². The molecule has 47 heavy (non-hydrogen) atoms. The Morgan fingerprint density at radius 1 is 1.04 bits per heavy atom. The van der Waals surface area contributed by atoms with E-state index in [9.17, 15) is 9.90 Å². The lowest BCUT2D eigenvalue weighted by Crippen LogP contribution is -2.44. The first-order valence-electron chi connectivity index (χ1n) is 15.5. The van der Waals surface area contributed by atoms with E-state index in [2.05, 4.69) is 25.9 Å². The molecular formula is C35H39Cl2FN6O3. The van der Waals surface area contributed by atoms with Gasteiger partial charge in [-0.3, -0.25) is 9.78 Å². The highest BCUT2D eigenvalue weighted by molar-refractivity contribution is 6.39. The minimum Gasteiger partial charge on any atom is -0.496 e. The van der Waals surface area contributed by atoms with Crippen molar-refractivity contribution in [2.75, 3.05) is 32.1 Å². The summed E-state index contributed by atoms with van der Waals surface area (Å²) in [5, 5.41) is 20.0. The summed E-state index contributed by atoms with van der Waals surface area (Å²) in [7, 11) is 1.60. The number of hydrogen-bond acceptors (Lipinski definition) is 8. The van der Waals surface area contributed by atoms with Gasteiger partial charge in [0.15, 0.2) is 11.6 Å². The Hall–Kier alpha value is -3.80. The number of aromatic nitrogens is 2. The van der Waals surface area contributed by atoms with E-state index in [4.69, 9.17) is 27.9 Å². The summed E-state index contributed by atoms with van der Waals surface area (Å²) in [5.74, 6) is 0.341. The maximum Gasteiger partial charge on any atom is 0.219 e. The number of aliphatic hydroxyl groups excluding tert-OH is 1. The summed E-state index contributed by atoms with van der Waals surface area (Å²) in [6, 6.07) is 14.8. The predicted octanol–water partition coefficient (Wildman–Crippen LogP) is 6.58. The zero-order valence-corrected chi connectivity index (χ0v) is 28.1. The monoisotopic (exact) mass is 680 g/mol. The van der Waals surface area contributed by atoms with Gasteiger partial charge in [-0.1, -0.05) is 47.5 Å². The molecule has 0 bridgehead atoms. The lowest BCUT2D eigenvalue weighted by molar-refractivity contribution is -0.129. The van der Waals surface area contributed by atoms with Crippen LogP contribution in [0.5, 0.6) is 5.75 Å². The van der Waals surface area contributed by atoms with E-state index in [1.807, 2.05) is 35.2 Å². The molecule has 4 aromatic rings. The van der Waals surface area contributed by atoms with E-state index in [1.54, 1.807) is 51.6 Å². The molecule has 4 N–H and O–H groups in total. The molecule has 0 aliphatic carbocycles. The normalized spacial score (nSPS) is 14.2. The second-order valence-corrected chi connectivity index (χ2v) is 12.4. The second-order valence-electron chi connectivity index (χ2n) is 11.6. The molecule has 0 radical (unpaired) electrons. The zero-order valence-electron chi connectivity index (χ0n) is 26.6. The molecule has 0 unspecified atom stereocenters. The Labute approximate surface area is 284 Å². The molecule has 1 atom stereocenters. The summed E-state index contributed by atoms with van der Waals surface area (Å²) in [5.41, 5.74) is 4.51. The number of amides is 1. The maximum absolute atomic E-state index is 15.6. The van der Waals surface area contributed by atoms with Gasteiger partial charge in [-0.15, -0.1) is 0 Å². The highest BCUT2D eigenvalue weighted by Gasteiger charge is 2.22. The van der Waals surface area contributed by atoms with E-state index in [1.165, 1.54) is 0 Å². The first-order valence-corrected chi connectivity index (χ1v) is 16.3. The van der Waals surface area contributed by atoms with Crippen molar-refractivity contribution in [1.29, 1.82) is 0 Å². The zero-order chi connectivity index (χ0) is 33.5. The van der Waals surface area contributed by atoms with Crippen LogP contribution in [0, 0.1) is 5.82 Å². The standard InChI is InChI=1S/C35H39Cl2FN6O3/c1-21(45)18-39-19-24-8-7-23(17-30(24)47-3)34-32(37)28(10-14-40-34)27-5-4-6-29(31(27)36)43-35-33(38)25(9-13-41-35)20-42-26-11-15-44(16-12-26)22(2)46/h4-10,13-14,17,21,26,39,42,45H,11-12,15-16,18-20H2,1-3H3,(H,41,43)/t21-/m0/s1. The summed E-state index contributed by atoms with van der Waals surface area (Å²) >= 11 is 13.9. The topological polar surface area (TPSA) is 112 Å². The van der Waals surface area contributed by atoms with Gasteiger partial charge in [-0.2, -0.15) is 0 Å². The first-order chi connectivity index (χ1) is 22.7. The van der Waals surface area contributed by atoms with Crippen LogP contribution in [0.2, 0.25) is 10.0 Å². The van der Waals surface area contributed by atoms with Crippen LogP contribution in [-0.4, -0.2) is 64.8 Å². The van der Waals surface area contributed by atoms with Gasteiger partial charge >= 0.3 is 0 Å². The van der Waals surface area contributed by atoms with Crippen molar-refractivity contribution >= 4 is 40.6 Å². The lowest BCUT2D eigenvalue weighted by atomic mass is 10.0. The highest BCUT2D eigenvalue weighted by atomic mass is 35.5. The van der Waals surface area contributed by atoms with Crippen molar-refractivity contribution in [3.8, 4) is 28.1 Å². The number of halogens is 3. The first kappa shape index (κ1) is 34.5. The van der Waals surface area contributed by atoms with Crippen LogP contribution in [0.4, 0.5) is 15.9 Å². The minimum absolute atomic E-state index is 0.0615. The summed E-state index contributed by atoms with van der Waals surface area (Å²) in [6.45, 7) is 6.02. The molecule has 1 saturated heterocycles. The number of ether oxygens (including phenoxy) is 1. The van der Waals surface area contributed by atoms with Gasteiger partial charge in [-0.05, 0) is 44.0 Å². The number of pyridine rings is 2. The van der Waals surface area contributed by atoms with Crippen LogP contribution in [0.3, 0.4) is 0 Å². The largest absolute Gasteiger partial charge is 0.496 e. The Balaban J connectivity index is 1.34. The number of piperidine rings is 1. The van der Waals surface area contributed by atoms with Gasteiger partial charge < -0.3 is 30.7 Å². The molecule has 12 heteroatoms.